The number of halogens is 1. The first-order valence-electron chi connectivity index (χ1n) is 16.3. The minimum absolute atomic E-state index is 0.0196. The third-order valence-corrected chi connectivity index (χ3v) is 12.4. The molecular formula is C35H44ClN3O6S. The van der Waals surface area contributed by atoms with Crippen LogP contribution in [0.4, 0.5) is 5.69 Å². The zero-order valence-corrected chi connectivity index (χ0v) is 28.4. The van der Waals surface area contributed by atoms with Crippen molar-refractivity contribution in [2.24, 2.45) is 11.8 Å². The van der Waals surface area contributed by atoms with E-state index in [1.807, 2.05) is 18.2 Å². The Morgan fingerprint density at radius 1 is 1.17 bits per heavy atom. The lowest BCUT2D eigenvalue weighted by Crippen LogP contribution is -2.50. The van der Waals surface area contributed by atoms with Crippen LogP contribution in [0.1, 0.15) is 66.9 Å². The molecule has 0 radical (unpaired) electrons. The van der Waals surface area contributed by atoms with Gasteiger partial charge in [-0.25, -0.2) is 13.1 Å². The minimum Gasteiger partial charge on any atom is -0.490 e. The zero-order chi connectivity index (χ0) is 32.6. The Hall–Kier alpha value is -3.08. The highest BCUT2D eigenvalue weighted by atomic mass is 35.5. The number of aryl methyl sites for hydroxylation is 1. The molecule has 2 aliphatic carbocycles. The molecule has 2 aliphatic heterocycles. The zero-order valence-electron chi connectivity index (χ0n) is 26.8. The summed E-state index contributed by atoms with van der Waals surface area (Å²) in [7, 11) is -0.479. The maximum Gasteiger partial charge on any atom is 0.264 e. The molecule has 11 heteroatoms. The molecule has 1 saturated carbocycles. The summed E-state index contributed by atoms with van der Waals surface area (Å²) in [5.74, 6) is 0.398. The lowest BCUT2D eigenvalue weighted by Gasteiger charge is -2.46. The monoisotopic (exact) mass is 669 g/mol. The summed E-state index contributed by atoms with van der Waals surface area (Å²) in [6.07, 6.45) is 9.44. The molecule has 248 valence electrons. The third kappa shape index (κ3) is 6.66. The first-order valence-corrected chi connectivity index (χ1v) is 18.2. The van der Waals surface area contributed by atoms with Crippen LogP contribution in [0.3, 0.4) is 0 Å². The summed E-state index contributed by atoms with van der Waals surface area (Å²) in [5, 5.41) is -0.0525. The molecular weight excluding hydrogens is 626 g/mol. The van der Waals surface area contributed by atoms with E-state index >= 15 is 0 Å². The number of likely N-dealkylation sites (N-methyl/N-ethyl adjacent to an activating group) is 1. The Kier molecular flexibility index (Phi) is 9.43. The highest BCUT2D eigenvalue weighted by Crippen LogP contribution is 2.47. The van der Waals surface area contributed by atoms with Crippen molar-refractivity contribution in [2.75, 3.05) is 45.3 Å². The summed E-state index contributed by atoms with van der Waals surface area (Å²) in [4.78, 5) is 29.7. The molecule has 2 amide bonds. The SMILES string of the molecule is C[C@@H]1CC/C=C\[C@H](OCC(=O)N(C)C)[C@@H]2CC[C@H]2CN2C[C@@]3(CCCc4cc(Cl)ccc43)COc3ccc(cc32)C(=O)NS1(=O)=O. The summed E-state index contributed by atoms with van der Waals surface area (Å²) in [5.41, 5.74) is 3.26. The fourth-order valence-corrected chi connectivity index (χ4v) is 8.63. The van der Waals surface area contributed by atoms with Crippen LogP contribution >= 0.6 is 11.6 Å². The molecule has 0 aromatic heterocycles. The lowest BCUT2D eigenvalue weighted by atomic mass is 9.68. The van der Waals surface area contributed by atoms with Gasteiger partial charge >= 0.3 is 0 Å². The van der Waals surface area contributed by atoms with Gasteiger partial charge in [0.05, 0.1) is 23.6 Å². The summed E-state index contributed by atoms with van der Waals surface area (Å²) in [6, 6.07) is 11.4. The molecule has 2 bridgehead atoms. The maximum absolute atomic E-state index is 13.4. The van der Waals surface area contributed by atoms with Gasteiger partial charge in [0.25, 0.3) is 5.91 Å². The van der Waals surface area contributed by atoms with Crippen molar-refractivity contribution in [3.8, 4) is 5.75 Å². The van der Waals surface area contributed by atoms with Gasteiger partial charge in [-0.15, -0.1) is 0 Å². The molecule has 6 rings (SSSR count). The normalized spacial score (nSPS) is 29.7. The van der Waals surface area contributed by atoms with E-state index in [9.17, 15) is 18.0 Å². The second-order valence-corrected chi connectivity index (χ2v) is 16.2. The Morgan fingerprint density at radius 2 is 2.00 bits per heavy atom. The van der Waals surface area contributed by atoms with Crippen LogP contribution in [0.15, 0.2) is 48.6 Å². The molecule has 0 unspecified atom stereocenters. The molecule has 5 atom stereocenters. The van der Waals surface area contributed by atoms with E-state index in [-0.39, 0.29) is 41.4 Å². The number of sulfonamides is 1. The molecule has 46 heavy (non-hydrogen) atoms. The number of ether oxygens (including phenoxy) is 2. The summed E-state index contributed by atoms with van der Waals surface area (Å²) < 4.78 is 41.4. The van der Waals surface area contributed by atoms with Crippen LogP contribution in [0.5, 0.6) is 5.75 Å². The highest BCUT2D eigenvalue weighted by molar-refractivity contribution is 7.90. The second kappa shape index (κ2) is 13.2. The van der Waals surface area contributed by atoms with E-state index in [0.717, 1.165) is 42.8 Å². The first kappa shape index (κ1) is 32.8. The number of hydrogen-bond acceptors (Lipinski definition) is 7. The smallest absolute Gasteiger partial charge is 0.264 e. The number of benzene rings is 2. The molecule has 1 fully saturated rings. The van der Waals surface area contributed by atoms with E-state index in [1.165, 1.54) is 16.0 Å². The molecule has 2 aromatic rings. The van der Waals surface area contributed by atoms with Gasteiger partial charge in [-0.1, -0.05) is 29.8 Å². The molecule has 9 nitrogen and oxygen atoms in total. The minimum atomic E-state index is -3.91. The molecule has 0 saturated heterocycles. The van der Waals surface area contributed by atoms with E-state index in [0.29, 0.717) is 38.3 Å². The lowest BCUT2D eigenvalue weighted by molar-refractivity contribution is -0.137. The standard InChI is InChI=1S/C35H44ClN3O6S/c1-23-7-4-5-9-31(44-20-33(40)38(2)3)28-13-10-26(28)19-39-21-35(16-6-8-24-17-27(36)12-14-29(24)35)22-45-32-15-11-25(18-30(32)39)34(41)37-46(23,42)43/h5,9,11-12,14-15,17-18,23,26,28,31H,4,6-8,10,13,16,19-22H2,1-3H3,(H,37,41)/b9-5-/t23-,26+,28-,31+,35+/m1/s1. The predicted octanol–water partition coefficient (Wildman–Crippen LogP) is 5.11. The summed E-state index contributed by atoms with van der Waals surface area (Å²) in [6.45, 7) is 3.46. The van der Waals surface area contributed by atoms with Crippen molar-refractivity contribution in [3.63, 3.8) is 0 Å². The van der Waals surface area contributed by atoms with Crippen LogP contribution in [0, 0.1) is 11.8 Å². The summed E-state index contributed by atoms with van der Waals surface area (Å²) >= 11 is 6.42. The topological polar surface area (TPSA) is 105 Å². The van der Waals surface area contributed by atoms with Gasteiger partial charge < -0.3 is 19.3 Å². The number of fused-ring (bicyclic) bond motifs is 4. The average Bonchev–Trinajstić information content (AvgIpc) is 3.15. The van der Waals surface area contributed by atoms with Gasteiger partial charge in [-0.3, -0.25) is 9.59 Å². The molecule has 4 aliphatic rings. The number of hydrogen-bond donors (Lipinski definition) is 1. The molecule has 2 heterocycles. The number of amides is 2. The fraction of sp³-hybridized carbons (Fsp3) is 0.543. The largest absolute Gasteiger partial charge is 0.490 e. The average molecular weight is 670 g/mol. The number of rotatable bonds is 3. The molecule has 2 aromatic carbocycles. The van der Waals surface area contributed by atoms with Crippen molar-refractivity contribution in [3.05, 3.63) is 70.3 Å². The van der Waals surface area contributed by atoms with E-state index in [4.69, 9.17) is 21.1 Å². The number of allylic oxidation sites excluding steroid dienone is 1. The van der Waals surface area contributed by atoms with Gasteiger partial charge in [-0.2, -0.15) is 0 Å². The number of nitrogens with one attached hydrogen (secondary N) is 1. The van der Waals surface area contributed by atoms with E-state index in [1.54, 1.807) is 39.2 Å². The highest BCUT2D eigenvalue weighted by Gasteiger charge is 2.44. The van der Waals surface area contributed by atoms with Crippen LogP contribution in [-0.2, 0) is 31.4 Å². The van der Waals surface area contributed by atoms with Crippen molar-refractivity contribution >= 4 is 39.1 Å². The van der Waals surface area contributed by atoms with E-state index in [2.05, 4.69) is 21.8 Å². The van der Waals surface area contributed by atoms with Gasteiger partial charge in [0.15, 0.2) is 0 Å². The van der Waals surface area contributed by atoms with Crippen LogP contribution in [0.2, 0.25) is 5.02 Å². The van der Waals surface area contributed by atoms with Crippen molar-refractivity contribution < 1.29 is 27.5 Å². The number of nitrogens with zero attached hydrogens (tertiary/aromatic N) is 2. The Balaban J connectivity index is 1.40. The fourth-order valence-electron chi connectivity index (χ4n) is 7.42. The van der Waals surface area contributed by atoms with Gasteiger partial charge in [-0.05, 0) is 105 Å². The predicted molar refractivity (Wildman–Crippen MR) is 179 cm³/mol. The van der Waals surface area contributed by atoms with Crippen LogP contribution in [0.25, 0.3) is 0 Å². The van der Waals surface area contributed by atoms with Crippen LogP contribution in [-0.4, -0.2) is 76.9 Å². The van der Waals surface area contributed by atoms with Crippen molar-refractivity contribution in [1.82, 2.24) is 9.62 Å². The van der Waals surface area contributed by atoms with Gasteiger partial charge in [0.2, 0.25) is 15.9 Å². The van der Waals surface area contributed by atoms with Gasteiger partial charge in [0.1, 0.15) is 12.4 Å². The maximum atomic E-state index is 13.4. The Bertz CT molecular complexity index is 1630. The van der Waals surface area contributed by atoms with Crippen molar-refractivity contribution in [2.45, 2.75) is 68.6 Å². The number of carbonyl (C=O) groups excluding carboxylic acids is 2. The number of carbonyl (C=O) groups is 2. The first-order chi connectivity index (χ1) is 22.0. The second-order valence-electron chi connectivity index (χ2n) is 13.6. The van der Waals surface area contributed by atoms with E-state index < -0.39 is 21.2 Å². The quantitative estimate of drug-likeness (QED) is 0.453. The van der Waals surface area contributed by atoms with Crippen molar-refractivity contribution in [1.29, 1.82) is 0 Å². The van der Waals surface area contributed by atoms with Gasteiger partial charge in [0, 0.05) is 43.2 Å². The Morgan fingerprint density at radius 3 is 2.76 bits per heavy atom. The Labute approximate surface area is 277 Å². The molecule has 1 spiro atoms. The number of anilines is 1. The third-order valence-electron chi connectivity index (χ3n) is 10.4. The van der Waals surface area contributed by atoms with Crippen LogP contribution < -0.4 is 14.4 Å². The molecule has 1 N–H and O–H groups in total.